The predicted molar refractivity (Wildman–Crippen MR) is 114 cm³/mol. The highest BCUT2D eigenvalue weighted by Crippen LogP contribution is 2.23. The highest BCUT2D eigenvalue weighted by Gasteiger charge is 2.23. The van der Waals surface area contributed by atoms with Gasteiger partial charge in [0.2, 0.25) is 0 Å². The molecule has 2 heterocycles. The van der Waals surface area contributed by atoms with Crippen molar-refractivity contribution in [2.45, 2.75) is 70.5 Å². The fraction of sp³-hybridized carbons (Fsp3) is 0.591. The number of anilines is 1. The van der Waals surface area contributed by atoms with Crippen LogP contribution in [0.4, 0.5) is 5.69 Å². The maximum atomic E-state index is 12.4. The first-order chi connectivity index (χ1) is 14.1. The highest BCUT2D eigenvalue weighted by atomic mass is 16.1. The number of rotatable bonds is 6. The van der Waals surface area contributed by atoms with Gasteiger partial charge in [0, 0.05) is 36.4 Å². The molecule has 2 aliphatic rings. The Kier molecular flexibility index (Phi) is 6.13. The highest BCUT2D eigenvalue weighted by molar-refractivity contribution is 5.94. The number of aryl methyl sites for hydroxylation is 1. The van der Waals surface area contributed by atoms with Gasteiger partial charge in [0.25, 0.3) is 5.91 Å². The maximum Gasteiger partial charge on any atom is 0.251 e. The second-order valence-corrected chi connectivity index (χ2v) is 8.43. The van der Waals surface area contributed by atoms with Crippen LogP contribution in [0.1, 0.15) is 73.5 Å². The zero-order chi connectivity index (χ0) is 20.2. The van der Waals surface area contributed by atoms with Crippen LogP contribution in [0.5, 0.6) is 0 Å². The molecular formula is C22H32N6O. The summed E-state index contributed by atoms with van der Waals surface area (Å²) >= 11 is 0. The van der Waals surface area contributed by atoms with E-state index in [2.05, 4.69) is 49.8 Å². The summed E-state index contributed by atoms with van der Waals surface area (Å²) in [5.41, 5.74) is 1.95. The molecule has 1 atom stereocenters. The number of hydrogen-bond acceptors (Lipinski definition) is 5. The van der Waals surface area contributed by atoms with Gasteiger partial charge in [0.1, 0.15) is 5.82 Å². The summed E-state index contributed by atoms with van der Waals surface area (Å²) in [5, 5.41) is 14.0. The van der Waals surface area contributed by atoms with Crippen molar-refractivity contribution in [3.63, 3.8) is 0 Å². The van der Waals surface area contributed by atoms with Crippen LogP contribution in [0.25, 0.3) is 0 Å². The van der Waals surface area contributed by atoms with E-state index in [4.69, 9.17) is 0 Å². The smallest absolute Gasteiger partial charge is 0.251 e. The molecule has 1 amide bonds. The summed E-state index contributed by atoms with van der Waals surface area (Å²) in [6.07, 6.45) is 6.84. The monoisotopic (exact) mass is 396 g/mol. The third-order valence-electron chi connectivity index (χ3n) is 6.17. The minimum absolute atomic E-state index is 0.0579. The molecule has 1 aromatic carbocycles. The zero-order valence-electron chi connectivity index (χ0n) is 17.4. The van der Waals surface area contributed by atoms with Gasteiger partial charge in [0.15, 0.2) is 5.82 Å². The molecule has 2 fully saturated rings. The van der Waals surface area contributed by atoms with E-state index in [-0.39, 0.29) is 11.9 Å². The molecule has 3 N–H and O–H groups in total. The molecule has 1 saturated heterocycles. The molecule has 4 rings (SSSR count). The zero-order valence-corrected chi connectivity index (χ0v) is 17.4. The number of piperidine rings is 1. The molecule has 0 bridgehead atoms. The van der Waals surface area contributed by atoms with Gasteiger partial charge in [-0.1, -0.05) is 12.8 Å². The van der Waals surface area contributed by atoms with Crippen molar-refractivity contribution in [2.75, 3.05) is 18.0 Å². The summed E-state index contributed by atoms with van der Waals surface area (Å²) in [5.74, 6) is 1.74. The summed E-state index contributed by atoms with van der Waals surface area (Å²) in [7, 11) is 0. The summed E-state index contributed by atoms with van der Waals surface area (Å²) in [4.78, 5) is 19.2. The van der Waals surface area contributed by atoms with Crippen LogP contribution in [-0.4, -0.2) is 46.3 Å². The SMILES string of the molecule is Cc1nc([C@H](C)NC2CCN(c3ccc(C(=O)NC4CCCC4)cc3)CC2)n[nH]1. The Morgan fingerprint density at radius 1 is 1.10 bits per heavy atom. The third-order valence-corrected chi connectivity index (χ3v) is 6.17. The van der Waals surface area contributed by atoms with Gasteiger partial charge in [-0.25, -0.2) is 4.98 Å². The Labute approximate surface area is 172 Å². The van der Waals surface area contributed by atoms with Crippen LogP contribution in [-0.2, 0) is 0 Å². The number of nitrogens with one attached hydrogen (secondary N) is 3. The minimum Gasteiger partial charge on any atom is -0.371 e. The van der Waals surface area contributed by atoms with E-state index in [0.717, 1.165) is 56.0 Å². The molecule has 7 nitrogen and oxygen atoms in total. The molecule has 2 aromatic rings. The lowest BCUT2D eigenvalue weighted by Gasteiger charge is -2.35. The lowest BCUT2D eigenvalue weighted by molar-refractivity contribution is 0.0938. The first-order valence-electron chi connectivity index (χ1n) is 10.9. The van der Waals surface area contributed by atoms with Gasteiger partial charge < -0.3 is 15.5 Å². The topological polar surface area (TPSA) is 85.9 Å². The Morgan fingerprint density at radius 2 is 1.79 bits per heavy atom. The molecule has 0 radical (unpaired) electrons. The van der Waals surface area contributed by atoms with Crippen LogP contribution in [0.3, 0.4) is 0 Å². The summed E-state index contributed by atoms with van der Waals surface area (Å²) in [6.45, 7) is 6.05. The van der Waals surface area contributed by atoms with Crippen molar-refractivity contribution in [1.29, 1.82) is 0 Å². The molecule has 7 heteroatoms. The van der Waals surface area contributed by atoms with Crippen LogP contribution < -0.4 is 15.5 Å². The Balaban J connectivity index is 1.26. The second kappa shape index (κ2) is 8.95. The Hall–Kier alpha value is -2.41. The molecule has 1 aromatic heterocycles. The lowest BCUT2D eigenvalue weighted by atomic mass is 10.0. The number of H-pyrrole nitrogens is 1. The van der Waals surface area contributed by atoms with Crippen molar-refractivity contribution >= 4 is 11.6 Å². The summed E-state index contributed by atoms with van der Waals surface area (Å²) in [6, 6.07) is 9.05. The first kappa shape index (κ1) is 19.9. The van der Waals surface area contributed by atoms with E-state index < -0.39 is 0 Å². The van der Waals surface area contributed by atoms with Crippen molar-refractivity contribution in [1.82, 2.24) is 25.8 Å². The van der Waals surface area contributed by atoms with Gasteiger partial charge in [-0.15, -0.1) is 0 Å². The van der Waals surface area contributed by atoms with E-state index >= 15 is 0 Å². The van der Waals surface area contributed by atoms with E-state index in [1.165, 1.54) is 18.5 Å². The maximum absolute atomic E-state index is 12.4. The van der Waals surface area contributed by atoms with Crippen molar-refractivity contribution in [3.8, 4) is 0 Å². The van der Waals surface area contributed by atoms with E-state index in [1.54, 1.807) is 0 Å². The molecule has 0 spiro atoms. The van der Waals surface area contributed by atoms with E-state index in [0.29, 0.717) is 12.1 Å². The fourth-order valence-electron chi connectivity index (χ4n) is 4.45. The quantitative estimate of drug-likeness (QED) is 0.699. The van der Waals surface area contributed by atoms with E-state index in [9.17, 15) is 4.79 Å². The van der Waals surface area contributed by atoms with Crippen molar-refractivity contribution < 1.29 is 4.79 Å². The van der Waals surface area contributed by atoms with Gasteiger partial charge in [-0.2, -0.15) is 5.10 Å². The van der Waals surface area contributed by atoms with Gasteiger partial charge in [0.05, 0.1) is 6.04 Å². The average Bonchev–Trinajstić information content (AvgIpc) is 3.40. The molecule has 0 unspecified atom stereocenters. The largest absolute Gasteiger partial charge is 0.371 e. The number of aromatic nitrogens is 3. The Morgan fingerprint density at radius 3 is 2.41 bits per heavy atom. The number of hydrogen-bond donors (Lipinski definition) is 3. The number of carbonyl (C=O) groups excluding carboxylic acids is 1. The predicted octanol–water partition coefficient (Wildman–Crippen LogP) is 3.11. The van der Waals surface area contributed by atoms with E-state index in [1.807, 2.05) is 19.1 Å². The number of aromatic amines is 1. The molecule has 1 aliphatic carbocycles. The minimum atomic E-state index is 0.0579. The lowest BCUT2D eigenvalue weighted by Crippen LogP contribution is -2.43. The molecule has 1 saturated carbocycles. The number of nitrogens with zero attached hydrogens (tertiary/aromatic N) is 3. The number of benzene rings is 1. The van der Waals surface area contributed by atoms with Gasteiger partial charge >= 0.3 is 0 Å². The second-order valence-electron chi connectivity index (χ2n) is 8.43. The first-order valence-corrected chi connectivity index (χ1v) is 10.9. The van der Waals surface area contributed by atoms with Gasteiger partial charge in [-0.05, 0) is 63.8 Å². The van der Waals surface area contributed by atoms with Crippen LogP contribution >= 0.6 is 0 Å². The van der Waals surface area contributed by atoms with Crippen LogP contribution in [0, 0.1) is 6.92 Å². The number of amides is 1. The molecule has 156 valence electrons. The van der Waals surface area contributed by atoms with Crippen molar-refractivity contribution in [3.05, 3.63) is 41.5 Å². The van der Waals surface area contributed by atoms with Crippen LogP contribution in [0.15, 0.2) is 24.3 Å². The summed E-state index contributed by atoms with van der Waals surface area (Å²) < 4.78 is 0. The van der Waals surface area contributed by atoms with Crippen LogP contribution in [0.2, 0.25) is 0 Å². The van der Waals surface area contributed by atoms with Crippen molar-refractivity contribution in [2.24, 2.45) is 0 Å². The molecular weight excluding hydrogens is 364 g/mol. The molecule has 29 heavy (non-hydrogen) atoms. The van der Waals surface area contributed by atoms with Gasteiger partial charge in [-0.3, -0.25) is 9.89 Å². The fourth-order valence-corrected chi connectivity index (χ4v) is 4.45. The third kappa shape index (κ3) is 4.96. The number of carbonyl (C=O) groups is 1. The molecule has 1 aliphatic heterocycles. The average molecular weight is 397 g/mol. The standard InChI is InChI=1S/C22H32N6O/c1-15(21-24-16(2)26-27-21)23-19-11-13-28(14-12-19)20-9-7-17(8-10-20)22(29)25-18-5-3-4-6-18/h7-10,15,18-19,23H,3-6,11-14H2,1-2H3,(H,25,29)(H,24,26,27)/t15-/m0/s1. The Bertz CT molecular complexity index is 803. The normalized spacial score (nSPS) is 19.4.